The summed E-state index contributed by atoms with van der Waals surface area (Å²) in [4.78, 5) is 26.0. The second kappa shape index (κ2) is 7.25. The van der Waals surface area contributed by atoms with Gasteiger partial charge in [0, 0.05) is 33.0 Å². The van der Waals surface area contributed by atoms with E-state index in [-0.39, 0.29) is 17.7 Å². The lowest BCUT2D eigenvalue weighted by Gasteiger charge is -2.24. The van der Waals surface area contributed by atoms with E-state index in [0.29, 0.717) is 17.2 Å². The fraction of sp³-hybridized carbons (Fsp3) is 0.333. The molecule has 0 radical (unpaired) electrons. The van der Waals surface area contributed by atoms with Crippen molar-refractivity contribution in [1.82, 2.24) is 10.6 Å². The molecule has 0 aromatic heterocycles. The molecular formula is C21H22N2O2S. The average molecular weight is 366 g/mol. The van der Waals surface area contributed by atoms with E-state index in [2.05, 4.69) is 10.6 Å². The lowest BCUT2D eigenvalue weighted by Crippen LogP contribution is -2.47. The zero-order valence-electron chi connectivity index (χ0n) is 14.7. The summed E-state index contributed by atoms with van der Waals surface area (Å²) in [6, 6.07) is 15.9. The number of Topliss-reactive ketones (excluding diaryl/α,β-unsaturated/α-hetero) is 1. The highest BCUT2D eigenvalue weighted by Gasteiger charge is 2.39. The number of carbonyl (C=O) groups is 2. The molecule has 4 rings (SSSR count). The average Bonchev–Trinajstić information content (AvgIpc) is 3.25. The molecule has 4 nitrogen and oxygen atoms in total. The Labute approximate surface area is 157 Å². The molecule has 2 aromatic carbocycles. The molecule has 1 amide bonds. The van der Waals surface area contributed by atoms with Gasteiger partial charge in [-0.1, -0.05) is 23.9 Å². The summed E-state index contributed by atoms with van der Waals surface area (Å²) in [7, 11) is 0. The Balaban J connectivity index is 1.39. The van der Waals surface area contributed by atoms with Gasteiger partial charge in [0.1, 0.15) is 0 Å². The third-order valence-electron chi connectivity index (χ3n) is 5.24. The number of benzene rings is 2. The molecule has 3 unspecified atom stereocenters. The van der Waals surface area contributed by atoms with E-state index in [1.165, 1.54) is 6.42 Å². The second-order valence-electron chi connectivity index (χ2n) is 7.14. The number of piperidine rings is 1. The van der Waals surface area contributed by atoms with Crippen LogP contribution in [0.4, 0.5) is 0 Å². The van der Waals surface area contributed by atoms with E-state index in [4.69, 9.17) is 0 Å². The monoisotopic (exact) mass is 366 g/mol. The first-order chi connectivity index (χ1) is 12.6. The van der Waals surface area contributed by atoms with E-state index in [1.54, 1.807) is 18.7 Å². The van der Waals surface area contributed by atoms with Gasteiger partial charge in [0.05, 0.1) is 0 Å². The fourth-order valence-corrected chi connectivity index (χ4v) is 4.73. The third-order valence-corrected chi connectivity index (χ3v) is 6.24. The molecule has 2 bridgehead atoms. The minimum atomic E-state index is -0.000484. The van der Waals surface area contributed by atoms with Crippen LogP contribution in [0.15, 0.2) is 58.3 Å². The van der Waals surface area contributed by atoms with Gasteiger partial charge >= 0.3 is 0 Å². The molecule has 134 valence electrons. The Kier molecular flexibility index (Phi) is 4.83. The topological polar surface area (TPSA) is 58.2 Å². The molecule has 5 heteroatoms. The molecule has 1 saturated carbocycles. The minimum absolute atomic E-state index is 0.000484. The second-order valence-corrected chi connectivity index (χ2v) is 8.29. The van der Waals surface area contributed by atoms with Gasteiger partial charge in [-0.3, -0.25) is 9.59 Å². The maximum absolute atomic E-state index is 12.5. The number of amides is 1. The van der Waals surface area contributed by atoms with Crippen LogP contribution in [0.5, 0.6) is 0 Å². The van der Waals surface area contributed by atoms with Crippen LogP contribution in [0.25, 0.3) is 0 Å². The van der Waals surface area contributed by atoms with E-state index in [9.17, 15) is 9.59 Å². The summed E-state index contributed by atoms with van der Waals surface area (Å²) in [6.45, 7) is 2.66. The van der Waals surface area contributed by atoms with E-state index < -0.39 is 0 Å². The molecule has 1 heterocycles. The van der Waals surface area contributed by atoms with Crippen LogP contribution in [0.2, 0.25) is 0 Å². The van der Waals surface area contributed by atoms with Crippen LogP contribution in [0, 0.1) is 5.92 Å². The Hall–Kier alpha value is -2.11. The van der Waals surface area contributed by atoms with Gasteiger partial charge in [0.25, 0.3) is 5.91 Å². The molecule has 2 N–H and O–H groups in total. The van der Waals surface area contributed by atoms with Crippen molar-refractivity contribution in [3.63, 3.8) is 0 Å². The first-order valence-corrected chi connectivity index (χ1v) is 9.83. The number of nitrogens with one attached hydrogen (secondary N) is 2. The number of hydrogen-bond acceptors (Lipinski definition) is 4. The summed E-state index contributed by atoms with van der Waals surface area (Å²) >= 11 is 1.59. The molecular weight excluding hydrogens is 344 g/mol. The van der Waals surface area contributed by atoms with Crippen molar-refractivity contribution in [2.24, 2.45) is 5.92 Å². The van der Waals surface area contributed by atoms with Crippen LogP contribution in [-0.2, 0) is 0 Å². The standard InChI is InChI=1S/C21H22N2O2S/c1-13(24)16-3-2-4-18(11-16)26-17-7-5-15(6-8-17)21(25)23-20-10-14-9-19(20)22-12-14/h2-8,11,14,19-20,22H,9-10,12H2,1H3,(H,23,25). The van der Waals surface area contributed by atoms with E-state index in [1.807, 2.05) is 48.5 Å². The van der Waals surface area contributed by atoms with Crippen molar-refractivity contribution in [3.8, 4) is 0 Å². The number of hydrogen-bond donors (Lipinski definition) is 2. The van der Waals surface area contributed by atoms with E-state index in [0.717, 1.165) is 28.7 Å². The van der Waals surface area contributed by atoms with Gasteiger partial charge < -0.3 is 10.6 Å². The Bertz CT molecular complexity index is 834. The molecule has 2 aromatic rings. The smallest absolute Gasteiger partial charge is 0.251 e. The van der Waals surface area contributed by atoms with Crippen LogP contribution in [-0.4, -0.2) is 30.3 Å². The third kappa shape index (κ3) is 3.69. The molecule has 2 aliphatic rings. The van der Waals surface area contributed by atoms with Crippen molar-refractivity contribution in [2.75, 3.05) is 6.54 Å². The minimum Gasteiger partial charge on any atom is -0.348 e. The molecule has 3 atom stereocenters. The molecule has 0 spiro atoms. The maximum Gasteiger partial charge on any atom is 0.251 e. The summed E-state index contributed by atoms with van der Waals surface area (Å²) in [6.07, 6.45) is 2.27. The number of fused-ring (bicyclic) bond motifs is 2. The SMILES string of the molecule is CC(=O)c1cccc(Sc2ccc(C(=O)NC3CC4CNC3C4)cc2)c1. The predicted octanol–water partition coefficient (Wildman–Crippen LogP) is 3.52. The van der Waals surface area contributed by atoms with Gasteiger partial charge in [-0.05, 0) is 68.6 Å². The highest BCUT2D eigenvalue weighted by molar-refractivity contribution is 7.99. The van der Waals surface area contributed by atoms with Crippen molar-refractivity contribution < 1.29 is 9.59 Å². The summed E-state index contributed by atoms with van der Waals surface area (Å²) in [5.74, 6) is 0.781. The molecule has 1 aliphatic carbocycles. The van der Waals surface area contributed by atoms with Crippen molar-refractivity contribution >= 4 is 23.5 Å². The summed E-state index contributed by atoms with van der Waals surface area (Å²) in [5.41, 5.74) is 1.40. The Morgan fingerprint density at radius 1 is 1.04 bits per heavy atom. The zero-order chi connectivity index (χ0) is 18.1. The molecule has 26 heavy (non-hydrogen) atoms. The highest BCUT2D eigenvalue weighted by atomic mass is 32.2. The summed E-state index contributed by atoms with van der Waals surface area (Å²) < 4.78 is 0. The van der Waals surface area contributed by atoms with Crippen LogP contribution in [0.3, 0.4) is 0 Å². The predicted molar refractivity (Wildman–Crippen MR) is 103 cm³/mol. The zero-order valence-corrected chi connectivity index (χ0v) is 15.5. The number of ketones is 1. The largest absolute Gasteiger partial charge is 0.348 e. The van der Waals surface area contributed by atoms with Gasteiger partial charge in [-0.15, -0.1) is 0 Å². The normalized spacial score (nSPS) is 23.8. The van der Waals surface area contributed by atoms with Gasteiger partial charge in [0.2, 0.25) is 0 Å². The van der Waals surface area contributed by atoms with E-state index >= 15 is 0 Å². The van der Waals surface area contributed by atoms with Crippen molar-refractivity contribution in [3.05, 3.63) is 59.7 Å². The lowest BCUT2D eigenvalue weighted by atomic mass is 10.1. The first-order valence-electron chi connectivity index (χ1n) is 9.01. The van der Waals surface area contributed by atoms with Crippen LogP contribution in [0.1, 0.15) is 40.5 Å². The van der Waals surface area contributed by atoms with Gasteiger partial charge in [0.15, 0.2) is 5.78 Å². The molecule has 1 aliphatic heterocycles. The van der Waals surface area contributed by atoms with Gasteiger partial charge in [-0.2, -0.15) is 0 Å². The highest BCUT2D eigenvalue weighted by Crippen LogP contribution is 2.31. The Morgan fingerprint density at radius 3 is 2.50 bits per heavy atom. The first kappa shape index (κ1) is 17.3. The maximum atomic E-state index is 12.5. The number of carbonyl (C=O) groups excluding carboxylic acids is 2. The lowest BCUT2D eigenvalue weighted by molar-refractivity contribution is 0.0927. The van der Waals surface area contributed by atoms with Crippen LogP contribution < -0.4 is 10.6 Å². The van der Waals surface area contributed by atoms with Crippen molar-refractivity contribution in [2.45, 2.75) is 41.6 Å². The van der Waals surface area contributed by atoms with Crippen LogP contribution >= 0.6 is 11.8 Å². The fourth-order valence-electron chi connectivity index (χ4n) is 3.85. The quantitative estimate of drug-likeness (QED) is 0.795. The summed E-state index contributed by atoms with van der Waals surface area (Å²) in [5, 5.41) is 6.64. The number of rotatable bonds is 5. The van der Waals surface area contributed by atoms with Crippen molar-refractivity contribution in [1.29, 1.82) is 0 Å². The Morgan fingerprint density at radius 2 is 1.85 bits per heavy atom. The molecule has 2 fully saturated rings. The van der Waals surface area contributed by atoms with Gasteiger partial charge in [-0.25, -0.2) is 0 Å². The molecule has 1 saturated heterocycles.